The molecule has 2 heterocycles. The van der Waals surface area contributed by atoms with E-state index in [4.69, 9.17) is 0 Å². The van der Waals surface area contributed by atoms with Crippen molar-refractivity contribution >= 4 is 5.78 Å². The van der Waals surface area contributed by atoms with Crippen molar-refractivity contribution in [3.8, 4) is 0 Å². The Balaban J connectivity index is 2.67. The number of nitrogens with one attached hydrogen (secondary N) is 1. The first-order valence-electron chi connectivity index (χ1n) is 3.40. The maximum Gasteiger partial charge on any atom is 0.211 e. The Morgan fingerprint density at radius 2 is 2.60 bits per heavy atom. The Kier molecular flexibility index (Phi) is 1.03. The van der Waals surface area contributed by atoms with E-state index in [1.165, 1.54) is 5.69 Å². The quantitative estimate of drug-likeness (QED) is 0.626. The molecule has 0 saturated carbocycles. The Hall–Kier alpha value is -1.25. The summed E-state index contributed by atoms with van der Waals surface area (Å²) in [4.78, 5) is 7.27. The predicted molar refractivity (Wildman–Crippen MR) is 38.9 cm³/mol. The van der Waals surface area contributed by atoms with Gasteiger partial charge in [0.15, 0.2) is 0 Å². The number of rotatable bonds is 1. The van der Waals surface area contributed by atoms with E-state index in [-0.39, 0.29) is 0 Å². The largest absolute Gasteiger partial charge is 0.328 e. The van der Waals surface area contributed by atoms with Gasteiger partial charge in [0, 0.05) is 24.3 Å². The summed E-state index contributed by atoms with van der Waals surface area (Å²) in [6.07, 6.45) is 6.81. The predicted octanol–water partition coefficient (Wildman–Crippen LogP) is 1.22. The molecular formula is C7H9N3. The van der Waals surface area contributed by atoms with Crippen LogP contribution in [0.15, 0.2) is 18.6 Å². The molecule has 0 unspecified atom stereocenters. The zero-order chi connectivity index (χ0) is 6.97. The highest BCUT2D eigenvalue weighted by atomic mass is 15.1. The highest BCUT2D eigenvalue weighted by molar-refractivity contribution is 5.30. The number of hydrogen-bond acceptors (Lipinski definition) is 1. The van der Waals surface area contributed by atoms with Crippen LogP contribution in [0.5, 0.6) is 0 Å². The van der Waals surface area contributed by atoms with Gasteiger partial charge in [-0.15, -0.1) is 0 Å². The summed E-state index contributed by atoms with van der Waals surface area (Å²) in [5, 5.41) is 0. The van der Waals surface area contributed by atoms with E-state index in [1.807, 2.05) is 10.6 Å². The highest BCUT2D eigenvalue weighted by Gasteiger charge is 1.96. The minimum atomic E-state index is 0.928. The molecule has 2 aromatic heterocycles. The van der Waals surface area contributed by atoms with Crippen LogP contribution >= 0.6 is 0 Å². The van der Waals surface area contributed by atoms with Crippen LogP contribution in [-0.2, 0) is 6.42 Å². The number of nitrogens with zero attached hydrogens (tertiary/aromatic N) is 2. The van der Waals surface area contributed by atoms with Gasteiger partial charge in [0.2, 0.25) is 5.78 Å². The standard InChI is InChI=1S/C7H9N3/c1-2-6-5-10-4-3-8-7(10)9-6/h3-5H,2H2,1H3,(H,8,9). The van der Waals surface area contributed by atoms with Gasteiger partial charge in [-0.05, 0) is 6.42 Å². The van der Waals surface area contributed by atoms with Gasteiger partial charge in [0.25, 0.3) is 0 Å². The lowest BCUT2D eigenvalue weighted by Gasteiger charge is -1.81. The monoisotopic (exact) mass is 135 g/mol. The van der Waals surface area contributed by atoms with E-state index < -0.39 is 0 Å². The molecule has 0 saturated heterocycles. The molecule has 0 radical (unpaired) electrons. The molecule has 0 aliphatic carbocycles. The molecule has 0 aliphatic heterocycles. The summed E-state index contributed by atoms with van der Waals surface area (Å²) in [6.45, 7) is 2.12. The molecule has 2 rings (SSSR count). The fraction of sp³-hybridized carbons (Fsp3) is 0.286. The second kappa shape index (κ2) is 1.87. The normalized spacial score (nSPS) is 10.9. The van der Waals surface area contributed by atoms with Gasteiger partial charge in [-0.3, -0.25) is 4.40 Å². The van der Waals surface area contributed by atoms with E-state index >= 15 is 0 Å². The average molecular weight is 135 g/mol. The third-order valence-electron chi connectivity index (χ3n) is 1.62. The molecule has 0 aliphatic rings. The Morgan fingerprint density at radius 3 is 3.30 bits per heavy atom. The molecule has 52 valence electrons. The number of aromatic nitrogens is 3. The molecule has 3 heteroatoms. The molecule has 0 atom stereocenters. The van der Waals surface area contributed by atoms with Gasteiger partial charge >= 0.3 is 0 Å². The first-order chi connectivity index (χ1) is 4.90. The SMILES string of the molecule is CCc1cn2ccnc2[nH]1. The first kappa shape index (κ1) is 5.53. The Labute approximate surface area is 58.7 Å². The van der Waals surface area contributed by atoms with Crippen LogP contribution < -0.4 is 0 Å². The van der Waals surface area contributed by atoms with Crippen LogP contribution in [-0.4, -0.2) is 14.4 Å². The van der Waals surface area contributed by atoms with Crippen LogP contribution in [0.25, 0.3) is 5.78 Å². The van der Waals surface area contributed by atoms with Crippen LogP contribution in [0.3, 0.4) is 0 Å². The van der Waals surface area contributed by atoms with Crippen molar-refractivity contribution in [2.45, 2.75) is 13.3 Å². The van der Waals surface area contributed by atoms with Gasteiger partial charge in [-0.25, -0.2) is 4.98 Å². The summed E-state index contributed by atoms with van der Waals surface area (Å²) in [7, 11) is 0. The first-order valence-corrected chi connectivity index (χ1v) is 3.40. The van der Waals surface area contributed by atoms with Crippen molar-refractivity contribution < 1.29 is 0 Å². The smallest absolute Gasteiger partial charge is 0.211 e. The van der Waals surface area contributed by atoms with E-state index in [9.17, 15) is 0 Å². The van der Waals surface area contributed by atoms with Crippen molar-refractivity contribution in [1.29, 1.82) is 0 Å². The lowest BCUT2D eigenvalue weighted by Crippen LogP contribution is -1.76. The maximum absolute atomic E-state index is 4.09. The Morgan fingerprint density at radius 1 is 1.70 bits per heavy atom. The van der Waals surface area contributed by atoms with Crippen LogP contribution in [0.4, 0.5) is 0 Å². The molecule has 0 aromatic carbocycles. The molecule has 10 heavy (non-hydrogen) atoms. The van der Waals surface area contributed by atoms with Crippen LogP contribution in [0.1, 0.15) is 12.6 Å². The number of aromatic amines is 1. The fourth-order valence-electron chi connectivity index (χ4n) is 1.04. The molecule has 0 spiro atoms. The molecule has 1 N–H and O–H groups in total. The average Bonchev–Trinajstić information content (AvgIpc) is 2.42. The van der Waals surface area contributed by atoms with Crippen molar-refractivity contribution in [1.82, 2.24) is 14.4 Å². The molecule has 2 aromatic rings. The number of fused-ring (bicyclic) bond motifs is 1. The molecular weight excluding hydrogens is 126 g/mol. The van der Waals surface area contributed by atoms with Gasteiger partial charge in [0.05, 0.1) is 0 Å². The zero-order valence-electron chi connectivity index (χ0n) is 5.83. The summed E-state index contributed by atoms with van der Waals surface area (Å²) >= 11 is 0. The Bertz CT molecular complexity index is 303. The zero-order valence-corrected chi connectivity index (χ0v) is 5.83. The lowest BCUT2D eigenvalue weighted by atomic mass is 10.4. The molecule has 0 amide bonds. The van der Waals surface area contributed by atoms with E-state index in [0.717, 1.165) is 12.2 Å². The second-order valence-corrected chi connectivity index (χ2v) is 2.29. The van der Waals surface area contributed by atoms with Gasteiger partial charge < -0.3 is 4.98 Å². The summed E-state index contributed by atoms with van der Waals surface area (Å²) < 4.78 is 1.98. The van der Waals surface area contributed by atoms with Crippen molar-refractivity contribution in [3.05, 3.63) is 24.3 Å². The van der Waals surface area contributed by atoms with E-state index in [2.05, 4.69) is 23.1 Å². The fourth-order valence-corrected chi connectivity index (χ4v) is 1.04. The van der Waals surface area contributed by atoms with Crippen molar-refractivity contribution in [3.63, 3.8) is 0 Å². The van der Waals surface area contributed by atoms with Crippen LogP contribution in [0, 0.1) is 0 Å². The van der Waals surface area contributed by atoms with Gasteiger partial charge in [-0.1, -0.05) is 6.92 Å². The highest BCUT2D eigenvalue weighted by Crippen LogP contribution is 2.01. The molecule has 0 fully saturated rings. The summed E-state index contributed by atoms with van der Waals surface area (Å²) in [5.41, 5.74) is 1.23. The maximum atomic E-state index is 4.09. The van der Waals surface area contributed by atoms with E-state index in [0.29, 0.717) is 0 Å². The van der Waals surface area contributed by atoms with Crippen LogP contribution in [0.2, 0.25) is 0 Å². The number of H-pyrrole nitrogens is 1. The lowest BCUT2D eigenvalue weighted by molar-refractivity contribution is 1.06. The number of aryl methyl sites for hydroxylation is 1. The molecule has 3 nitrogen and oxygen atoms in total. The van der Waals surface area contributed by atoms with Crippen molar-refractivity contribution in [2.24, 2.45) is 0 Å². The minimum Gasteiger partial charge on any atom is -0.328 e. The van der Waals surface area contributed by atoms with Crippen molar-refractivity contribution in [2.75, 3.05) is 0 Å². The topological polar surface area (TPSA) is 33.1 Å². The summed E-state index contributed by atoms with van der Waals surface area (Å²) in [6, 6.07) is 0. The number of hydrogen-bond donors (Lipinski definition) is 1. The second-order valence-electron chi connectivity index (χ2n) is 2.29. The molecule has 0 bridgehead atoms. The van der Waals surface area contributed by atoms with Gasteiger partial charge in [0.1, 0.15) is 0 Å². The summed E-state index contributed by atoms with van der Waals surface area (Å²) in [5.74, 6) is 0.928. The third-order valence-corrected chi connectivity index (χ3v) is 1.62. The van der Waals surface area contributed by atoms with E-state index in [1.54, 1.807) is 6.20 Å². The third kappa shape index (κ3) is 0.635. The number of imidazole rings is 2. The minimum absolute atomic E-state index is 0.928. The van der Waals surface area contributed by atoms with Gasteiger partial charge in [-0.2, -0.15) is 0 Å².